The van der Waals surface area contributed by atoms with Crippen molar-refractivity contribution >= 4 is 0 Å². The maximum Gasteiger partial charge on any atom is -0.0473 e. The fourth-order valence-corrected chi connectivity index (χ4v) is 0. The molecular weight excluding hydrogens is 204 g/mol. The molecule has 0 heterocycles. The molecule has 0 radical (unpaired) electrons. The van der Waals surface area contributed by atoms with Crippen LogP contribution in [-0.2, 0) is 0 Å². The molecule has 0 fully saturated rings. The first-order chi connectivity index (χ1) is 8.24. The van der Waals surface area contributed by atoms with Crippen molar-refractivity contribution < 1.29 is 0 Å². The summed E-state index contributed by atoms with van der Waals surface area (Å²) in [6.45, 7) is 29.8. The van der Waals surface area contributed by atoms with Gasteiger partial charge in [-0.25, -0.2) is 0 Å². The maximum atomic E-state index is 3.36. The first-order valence-electron chi connectivity index (χ1n) is 7.81. The van der Waals surface area contributed by atoms with Gasteiger partial charge >= 0.3 is 0 Å². The van der Waals surface area contributed by atoms with Crippen molar-refractivity contribution in [3.8, 4) is 0 Å². The molecule has 0 spiro atoms. The third kappa shape index (κ3) is 44000. The molecule has 0 aromatic carbocycles. The molecule has 0 bridgehead atoms. The second-order valence-electron chi connectivity index (χ2n) is 1.82. The normalized spacial score (nSPS) is 4.29. The minimum atomic E-state index is 1.25. The Morgan fingerprint density at radius 3 is 0.588 bits per heavy atom. The number of rotatable bonds is 0. The third-order valence-corrected chi connectivity index (χ3v) is 0. The van der Waals surface area contributed by atoms with Crippen LogP contribution in [0.15, 0.2) is 12.7 Å². The van der Waals surface area contributed by atoms with Crippen LogP contribution in [0.1, 0.15) is 103 Å². The molecule has 0 N–H and O–H groups in total. The Bertz CT molecular complexity index is 19.2. The Balaban J connectivity index is -0.0000000139. The van der Waals surface area contributed by atoms with Gasteiger partial charge in [0.2, 0.25) is 0 Å². The summed E-state index contributed by atoms with van der Waals surface area (Å²) in [5.41, 5.74) is 0. The average molecular weight is 251 g/mol. The fourth-order valence-electron chi connectivity index (χ4n) is 0. The summed E-state index contributed by atoms with van der Waals surface area (Å²) in [6, 6.07) is 0. The summed E-state index contributed by atoms with van der Waals surface area (Å²) in [6.07, 6.45) is 4.25. The lowest BCUT2D eigenvalue weighted by Gasteiger charge is -1.48. The molecule has 0 aromatic heterocycles. The SMILES string of the molecule is C=CC.CC.CC.CC.CC.CCC.CCC. The minimum Gasteiger partial charge on any atom is -0.103 e. The molecule has 0 aliphatic rings. The Labute approximate surface area is 116 Å². The Hall–Kier alpha value is -0.260. The molecule has 0 saturated carbocycles. The van der Waals surface area contributed by atoms with E-state index < -0.39 is 0 Å². The van der Waals surface area contributed by atoms with Crippen molar-refractivity contribution in [2.75, 3.05) is 0 Å². The van der Waals surface area contributed by atoms with E-state index in [4.69, 9.17) is 0 Å². The van der Waals surface area contributed by atoms with Crippen LogP contribution in [0.3, 0.4) is 0 Å². The van der Waals surface area contributed by atoms with Crippen LogP contribution < -0.4 is 0 Å². The van der Waals surface area contributed by atoms with E-state index >= 15 is 0 Å². The highest BCUT2D eigenvalue weighted by atomic mass is 13.4. The molecule has 0 saturated heterocycles. The van der Waals surface area contributed by atoms with Crippen LogP contribution in [-0.4, -0.2) is 0 Å². The lowest BCUT2D eigenvalue weighted by atomic mass is 10.6. The summed E-state index contributed by atoms with van der Waals surface area (Å²) < 4.78 is 0. The summed E-state index contributed by atoms with van der Waals surface area (Å²) in [5, 5.41) is 0. The number of allylic oxidation sites excluding steroid dienone is 1. The summed E-state index contributed by atoms with van der Waals surface area (Å²) in [7, 11) is 0. The molecule has 0 aromatic rings. The molecular formula is C17H46. The molecule has 0 heteroatoms. The van der Waals surface area contributed by atoms with Crippen LogP contribution in [0.4, 0.5) is 0 Å². The Morgan fingerprint density at radius 1 is 0.588 bits per heavy atom. The van der Waals surface area contributed by atoms with E-state index in [-0.39, 0.29) is 0 Å². The third-order valence-electron chi connectivity index (χ3n) is 0. The van der Waals surface area contributed by atoms with E-state index in [0.29, 0.717) is 0 Å². The minimum absolute atomic E-state index is 1.25. The lowest BCUT2D eigenvalue weighted by Crippen LogP contribution is -1.27. The predicted octanol–water partition coefficient (Wildman–Crippen LogP) is 8.13. The number of hydrogen-bond acceptors (Lipinski definition) is 0. The highest BCUT2D eigenvalue weighted by Gasteiger charge is 1.36. The smallest absolute Gasteiger partial charge is 0.0473 e. The van der Waals surface area contributed by atoms with E-state index in [9.17, 15) is 0 Å². The topological polar surface area (TPSA) is 0 Å². The van der Waals surface area contributed by atoms with Gasteiger partial charge in [-0.05, 0) is 6.92 Å². The number of hydrogen-bond donors (Lipinski definition) is 0. The van der Waals surface area contributed by atoms with E-state index in [2.05, 4.69) is 34.3 Å². The zero-order valence-corrected chi connectivity index (χ0v) is 15.7. The van der Waals surface area contributed by atoms with Gasteiger partial charge in [0.1, 0.15) is 0 Å². The van der Waals surface area contributed by atoms with Gasteiger partial charge in [-0.2, -0.15) is 0 Å². The quantitative estimate of drug-likeness (QED) is 0.381. The molecule has 0 unspecified atom stereocenters. The first-order valence-corrected chi connectivity index (χ1v) is 7.81. The Kier molecular flexibility index (Phi) is 1170. The van der Waals surface area contributed by atoms with Crippen LogP contribution in [0.25, 0.3) is 0 Å². The summed E-state index contributed by atoms with van der Waals surface area (Å²) >= 11 is 0. The van der Waals surface area contributed by atoms with Crippen molar-refractivity contribution in [3.05, 3.63) is 12.7 Å². The largest absolute Gasteiger partial charge is 0.103 e. The summed E-state index contributed by atoms with van der Waals surface area (Å²) in [4.78, 5) is 0. The first kappa shape index (κ1) is 43.7. The van der Waals surface area contributed by atoms with Gasteiger partial charge in [0, 0.05) is 0 Å². The lowest BCUT2D eigenvalue weighted by molar-refractivity contribution is 1.09. The van der Waals surface area contributed by atoms with Gasteiger partial charge in [-0.3, -0.25) is 0 Å². The zero-order chi connectivity index (χ0) is 16.1. The second kappa shape index (κ2) is 456. The van der Waals surface area contributed by atoms with Crippen molar-refractivity contribution in [2.45, 2.75) is 103 Å². The zero-order valence-electron chi connectivity index (χ0n) is 15.7. The molecule has 17 heavy (non-hydrogen) atoms. The summed E-state index contributed by atoms with van der Waals surface area (Å²) in [5.74, 6) is 0. The average Bonchev–Trinajstić information content (AvgIpc) is 2.41. The predicted molar refractivity (Wildman–Crippen MR) is 93.2 cm³/mol. The fraction of sp³-hybridized carbons (Fsp3) is 0.882. The van der Waals surface area contributed by atoms with Crippen LogP contribution in [0.2, 0.25) is 0 Å². The highest BCUT2D eigenvalue weighted by molar-refractivity contribution is 4.51. The van der Waals surface area contributed by atoms with Crippen molar-refractivity contribution in [1.82, 2.24) is 0 Å². The van der Waals surface area contributed by atoms with Gasteiger partial charge < -0.3 is 0 Å². The maximum absolute atomic E-state index is 3.36. The second-order valence-corrected chi connectivity index (χ2v) is 1.82. The monoisotopic (exact) mass is 250 g/mol. The standard InChI is InChI=1S/2C3H8.C3H6.4C2H6/c3*1-3-2;4*1-2/h2*3H2,1-2H3;3H,1H2,2H3;4*1-2H3. The van der Waals surface area contributed by atoms with Crippen molar-refractivity contribution in [3.63, 3.8) is 0 Å². The van der Waals surface area contributed by atoms with Crippen LogP contribution >= 0.6 is 0 Å². The Morgan fingerprint density at radius 2 is 0.588 bits per heavy atom. The van der Waals surface area contributed by atoms with Gasteiger partial charge in [-0.1, -0.05) is 102 Å². The molecule has 114 valence electrons. The molecule has 0 amide bonds. The van der Waals surface area contributed by atoms with Gasteiger partial charge in [0.05, 0.1) is 0 Å². The van der Waals surface area contributed by atoms with Gasteiger partial charge in [0.15, 0.2) is 0 Å². The van der Waals surface area contributed by atoms with Crippen LogP contribution in [0.5, 0.6) is 0 Å². The van der Waals surface area contributed by atoms with Gasteiger partial charge in [0.25, 0.3) is 0 Å². The molecule has 0 rings (SSSR count). The molecule has 0 nitrogen and oxygen atoms in total. The van der Waals surface area contributed by atoms with E-state index in [0.717, 1.165) is 0 Å². The van der Waals surface area contributed by atoms with Gasteiger partial charge in [-0.15, -0.1) is 6.58 Å². The van der Waals surface area contributed by atoms with E-state index in [1.807, 2.05) is 62.3 Å². The molecule has 0 aliphatic carbocycles. The van der Waals surface area contributed by atoms with Crippen molar-refractivity contribution in [1.29, 1.82) is 0 Å². The van der Waals surface area contributed by atoms with E-state index in [1.165, 1.54) is 12.8 Å². The highest BCUT2D eigenvalue weighted by Crippen LogP contribution is 1.56. The van der Waals surface area contributed by atoms with Crippen molar-refractivity contribution in [2.24, 2.45) is 0 Å². The van der Waals surface area contributed by atoms with E-state index in [1.54, 1.807) is 6.08 Å². The molecule has 0 atom stereocenters. The molecule has 0 aliphatic heterocycles. The van der Waals surface area contributed by atoms with Crippen LogP contribution in [0, 0.1) is 0 Å².